The molecule has 0 spiro atoms. The summed E-state index contributed by atoms with van der Waals surface area (Å²) in [7, 11) is 1.85. The zero-order valence-corrected chi connectivity index (χ0v) is 9.72. The molecule has 0 aromatic carbocycles. The van der Waals surface area contributed by atoms with Gasteiger partial charge in [0.1, 0.15) is 5.76 Å². The molecular formula is C12H15N3O2. The first kappa shape index (κ1) is 11.6. The van der Waals surface area contributed by atoms with Crippen LogP contribution in [0.1, 0.15) is 28.3 Å². The lowest BCUT2D eigenvalue weighted by atomic mass is 10.1. The lowest BCUT2D eigenvalue weighted by molar-refractivity contribution is 0.0954. The maximum Gasteiger partial charge on any atom is 0.198 e. The van der Waals surface area contributed by atoms with Crippen LogP contribution in [0, 0.1) is 0 Å². The van der Waals surface area contributed by atoms with Gasteiger partial charge >= 0.3 is 0 Å². The second kappa shape index (κ2) is 4.97. The first-order chi connectivity index (χ1) is 8.19. The monoisotopic (exact) mass is 233 g/mol. The van der Waals surface area contributed by atoms with E-state index in [1.165, 1.54) is 0 Å². The lowest BCUT2D eigenvalue weighted by Gasteiger charge is -1.96. The Morgan fingerprint density at radius 3 is 2.94 bits per heavy atom. The van der Waals surface area contributed by atoms with E-state index in [0.717, 1.165) is 5.56 Å². The Balaban J connectivity index is 1.93. The number of nitrogens with two attached hydrogens (primary N) is 1. The Morgan fingerprint density at radius 2 is 2.35 bits per heavy atom. The van der Waals surface area contributed by atoms with Crippen molar-refractivity contribution in [2.24, 2.45) is 12.8 Å². The fourth-order valence-corrected chi connectivity index (χ4v) is 1.62. The maximum atomic E-state index is 11.8. The Labute approximate surface area is 99.2 Å². The number of ketones is 1. The molecule has 0 radical (unpaired) electrons. The molecule has 0 fully saturated rings. The van der Waals surface area contributed by atoms with Crippen LogP contribution in [0.5, 0.6) is 0 Å². The van der Waals surface area contributed by atoms with E-state index in [1.807, 2.05) is 13.2 Å². The third kappa shape index (κ3) is 2.82. The lowest BCUT2D eigenvalue weighted by Crippen LogP contribution is -1.99. The van der Waals surface area contributed by atoms with Crippen molar-refractivity contribution in [3.05, 3.63) is 41.6 Å². The minimum atomic E-state index is -0.00597. The highest BCUT2D eigenvalue weighted by molar-refractivity contribution is 5.93. The van der Waals surface area contributed by atoms with Crippen molar-refractivity contribution in [1.29, 1.82) is 0 Å². The van der Waals surface area contributed by atoms with Gasteiger partial charge in [-0.3, -0.25) is 9.48 Å². The molecule has 0 aliphatic rings. The second-order valence-corrected chi connectivity index (χ2v) is 3.92. The number of hydrogen-bond acceptors (Lipinski definition) is 4. The van der Waals surface area contributed by atoms with E-state index in [4.69, 9.17) is 10.2 Å². The van der Waals surface area contributed by atoms with Gasteiger partial charge in [-0.2, -0.15) is 5.10 Å². The largest absolute Gasteiger partial charge is 0.457 e. The molecule has 0 saturated heterocycles. The van der Waals surface area contributed by atoms with Gasteiger partial charge in [-0.25, -0.2) is 0 Å². The first-order valence-electron chi connectivity index (χ1n) is 5.48. The fourth-order valence-electron chi connectivity index (χ4n) is 1.62. The molecule has 0 aliphatic carbocycles. The van der Waals surface area contributed by atoms with Crippen molar-refractivity contribution in [2.45, 2.75) is 19.4 Å². The molecule has 5 nitrogen and oxygen atoms in total. The zero-order valence-electron chi connectivity index (χ0n) is 9.72. The molecule has 90 valence electrons. The average Bonchev–Trinajstić information content (AvgIpc) is 2.94. The standard InChI is InChI=1S/C12H15N3O2/c1-15-8-9(7-14-15)2-4-11(16)12-5-3-10(6-13)17-12/h3,5,7-8H,2,4,6,13H2,1H3. The Kier molecular flexibility index (Phi) is 3.39. The summed E-state index contributed by atoms with van der Waals surface area (Å²) in [5.41, 5.74) is 6.46. The molecule has 17 heavy (non-hydrogen) atoms. The van der Waals surface area contributed by atoms with Crippen LogP contribution in [0.15, 0.2) is 28.9 Å². The van der Waals surface area contributed by atoms with Crippen LogP contribution in [-0.2, 0) is 20.0 Å². The topological polar surface area (TPSA) is 74.0 Å². The Morgan fingerprint density at radius 1 is 1.53 bits per heavy atom. The van der Waals surface area contributed by atoms with Crippen LogP contribution < -0.4 is 5.73 Å². The molecule has 0 unspecified atom stereocenters. The first-order valence-corrected chi connectivity index (χ1v) is 5.48. The minimum Gasteiger partial charge on any atom is -0.457 e. The maximum absolute atomic E-state index is 11.8. The molecule has 0 amide bonds. The van der Waals surface area contributed by atoms with Gasteiger partial charge in [-0.15, -0.1) is 0 Å². The average molecular weight is 233 g/mol. The van der Waals surface area contributed by atoms with Crippen LogP contribution >= 0.6 is 0 Å². The van der Waals surface area contributed by atoms with Crippen molar-refractivity contribution in [3.8, 4) is 0 Å². The zero-order chi connectivity index (χ0) is 12.3. The summed E-state index contributed by atoms with van der Waals surface area (Å²) < 4.78 is 7.01. The quantitative estimate of drug-likeness (QED) is 0.789. The van der Waals surface area contributed by atoms with Crippen molar-refractivity contribution in [3.63, 3.8) is 0 Å². The molecule has 0 bridgehead atoms. The summed E-state index contributed by atoms with van der Waals surface area (Å²) >= 11 is 0. The number of carbonyl (C=O) groups is 1. The summed E-state index contributed by atoms with van der Waals surface area (Å²) in [6.07, 6.45) is 4.76. The predicted molar refractivity (Wildman–Crippen MR) is 62.5 cm³/mol. The van der Waals surface area contributed by atoms with Crippen molar-refractivity contribution < 1.29 is 9.21 Å². The highest BCUT2D eigenvalue weighted by Gasteiger charge is 2.11. The van der Waals surface area contributed by atoms with E-state index in [0.29, 0.717) is 30.9 Å². The minimum absolute atomic E-state index is 0.00597. The van der Waals surface area contributed by atoms with Gasteiger partial charge in [-0.05, 0) is 24.1 Å². The summed E-state index contributed by atoms with van der Waals surface area (Å²) in [4.78, 5) is 11.8. The van der Waals surface area contributed by atoms with E-state index in [-0.39, 0.29) is 5.78 Å². The van der Waals surface area contributed by atoms with Gasteiger partial charge in [0.05, 0.1) is 12.7 Å². The van der Waals surface area contributed by atoms with Gasteiger partial charge in [0.15, 0.2) is 11.5 Å². The van der Waals surface area contributed by atoms with Gasteiger partial charge in [0, 0.05) is 19.7 Å². The number of furan rings is 1. The van der Waals surface area contributed by atoms with E-state index in [1.54, 1.807) is 23.0 Å². The van der Waals surface area contributed by atoms with Crippen molar-refractivity contribution in [2.75, 3.05) is 0 Å². The molecule has 2 N–H and O–H groups in total. The highest BCUT2D eigenvalue weighted by atomic mass is 16.3. The normalized spacial score (nSPS) is 10.7. The number of nitrogens with zero attached hydrogens (tertiary/aromatic N) is 2. The van der Waals surface area contributed by atoms with E-state index in [9.17, 15) is 4.79 Å². The smallest absolute Gasteiger partial charge is 0.198 e. The van der Waals surface area contributed by atoms with Gasteiger partial charge in [0.2, 0.25) is 0 Å². The van der Waals surface area contributed by atoms with Crippen molar-refractivity contribution >= 4 is 5.78 Å². The molecule has 2 heterocycles. The summed E-state index contributed by atoms with van der Waals surface area (Å²) in [6, 6.07) is 3.41. The number of carbonyl (C=O) groups excluding carboxylic acids is 1. The van der Waals surface area contributed by atoms with Crippen LogP contribution in [0.25, 0.3) is 0 Å². The molecular weight excluding hydrogens is 218 g/mol. The SMILES string of the molecule is Cn1cc(CCC(=O)c2ccc(CN)o2)cn1. The van der Waals surface area contributed by atoms with Crippen molar-refractivity contribution in [1.82, 2.24) is 9.78 Å². The second-order valence-electron chi connectivity index (χ2n) is 3.92. The van der Waals surface area contributed by atoms with E-state index in [2.05, 4.69) is 5.10 Å². The molecule has 2 aromatic heterocycles. The van der Waals surface area contributed by atoms with Crippen LogP contribution in [0.2, 0.25) is 0 Å². The van der Waals surface area contributed by atoms with Gasteiger partial charge < -0.3 is 10.2 Å². The summed E-state index contributed by atoms with van der Waals surface area (Å²) in [5, 5.41) is 4.05. The van der Waals surface area contributed by atoms with E-state index < -0.39 is 0 Å². The summed E-state index contributed by atoms with van der Waals surface area (Å²) in [5.74, 6) is 1.01. The molecule has 0 aliphatic heterocycles. The highest BCUT2D eigenvalue weighted by Crippen LogP contribution is 2.11. The van der Waals surface area contributed by atoms with Gasteiger partial charge in [-0.1, -0.05) is 0 Å². The Hall–Kier alpha value is -1.88. The number of hydrogen-bond donors (Lipinski definition) is 1. The third-order valence-corrected chi connectivity index (χ3v) is 2.54. The van der Waals surface area contributed by atoms with Gasteiger partial charge in [0.25, 0.3) is 0 Å². The molecule has 0 saturated carbocycles. The fraction of sp³-hybridized carbons (Fsp3) is 0.333. The van der Waals surface area contributed by atoms with E-state index >= 15 is 0 Å². The molecule has 0 atom stereocenters. The molecule has 2 rings (SSSR count). The summed E-state index contributed by atoms with van der Waals surface area (Å²) in [6.45, 7) is 0.315. The Bertz CT molecular complexity index is 513. The predicted octanol–water partition coefficient (Wildman–Crippen LogP) is 1.29. The van der Waals surface area contributed by atoms with Crippen LogP contribution in [-0.4, -0.2) is 15.6 Å². The van der Waals surface area contributed by atoms with Crippen LogP contribution in [0.4, 0.5) is 0 Å². The van der Waals surface area contributed by atoms with Crippen LogP contribution in [0.3, 0.4) is 0 Å². The molecule has 5 heteroatoms. The number of rotatable bonds is 5. The third-order valence-electron chi connectivity index (χ3n) is 2.54. The number of aryl methyl sites for hydroxylation is 2. The number of Topliss-reactive ketones (excluding diaryl/α,β-unsaturated/α-hetero) is 1. The number of aromatic nitrogens is 2. The molecule has 2 aromatic rings.